The van der Waals surface area contributed by atoms with E-state index in [9.17, 15) is 4.79 Å². The highest BCUT2D eigenvalue weighted by Crippen LogP contribution is 2.66. The Kier molecular flexibility index (Phi) is 2.03. The summed E-state index contributed by atoms with van der Waals surface area (Å²) in [5, 5.41) is 0. The van der Waals surface area contributed by atoms with E-state index in [0.717, 1.165) is 6.42 Å². The molecule has 13 heavy (non-hydrogen) atoms. The van der Waals surface area contributed by atoms with Gasteiger partial charge < -0.3 is 0 Å². The summed E-state index contributed by atoms with van der Waals surface area (Å²) in [6.07, 6.45) is 0.992. The number of hydrogen-bond acceptors (Lipinski definition) is 1. The molecular weight excluding hydrogens is 296 g/mol. The van der Waals surface area contributed by atoms with Gasteiger partial charge in [-0.25, -0.2) is 0 Å². The molecule has 0 radical (unpaired) electrons. The molecule has 0 aromatic rings. The molecule has 4 atom stereocenters. The van der Waals surface area contributed by atoms with E-state index in [1.54, 1.807) is 0 Å². The lowest BCUT2D eigenvalue weighted by Gasteiger charge is -2.31. The van der Waals surface area contributed by atoms with Crippen LogP contribution in [-0.4, -0.2) is 15.4 Å². The molecule has 2 fully saturated rings. The number of halogens is 2. The third-order valence-electron chi connectivity index (χ3n) is 4.36. The molecule has 0 amide bonds. The first-order chi connectivity index (χ1) is 5.82. The summed E-state index contributed by atoms with van der Waals surface area (Å²) < 4.78 is 0. The number of Topliss-reactive ketones (excluding diaryl/α,β-unsaturated/α-hetero) is 1. The van der Waals surface area contributed by atoms with E-state index in [2.05, 4.69) is 52.6 Å². The molecule has 2 aliphatic rings. The summed E-state index contributed by atoms with van der Waals surface area (Å²) >= 11 is 7.22. The Labute approximate surface area is 95.9 Å². The van der Waals surface area contributed by atoms with Crippen molar-refractivity contribution in [3.63, 3.8) is 0 Å². The highest BCUT2D eigenvalue weighted by Gasteiger charge is 2.68. The Morgan fingerprint density at radius 2 is 1.85 bits per heavy atom. The molecule has 0 aromatic heterocycles. The monoisotopic (exact) mass is 308 g/mol. The van der Waals surface area contributed by atoms with E-state index in [4.69, 9.17) is 0 Å². The van der Waals surface area contributed by atoms with Gasteiger partial charge in [0.2, 0.25) is 0 Å². The van der Waals surface area contributed by atoms with E-state index in [1.165, 1.54) is 0 Å². The summed E-state index contributed by atoms with van der Waals surface area (Å²) in [5.74, 6) is 0.850. The Balaban J connectivity index is 2.52. The van der Waals surface area contributed by atoms with Crippen molar-refractivity contribution in [3.8, 4) is 0 Å². The van der Waals surface area contributed by atoms with E-state index >= 15 is 0 Å². The quantitative estimate of drug-likeness (QED) is 0.628. The maximum absolute atomic E-state index is 12.0. The lowest BCUT2D eigenvalue weighted by Crippen LogP contribution is -2.35. The molecule has 2 saturated carbocycles. The number of alkyl halides is 2. The van der Waals surface area contributed by atoms with Crippen LogP contribution in [0.2, 0.25) is 0 Å². The van der Waals surface area contributed by atoms with Crippen LogP contribution in [0.5, 0.6) is 0 Å². The molecule has 1 nitrogen and oxygen atoms in total. The Morgan fingerprint density at radius 1 is 1.31 bits per heavy atom. The summed E-state index contributed by atoms with van der Waals surface area (Å²) in [6.45, 7) is 6.56. The molecule has 74 valence electrons. The van der Waals surface area contributed by atoms with Crippen molar-refractivity contribution in [2.75, 3.05) is 0 Å². The Morgan fingerprint density at radius 3 is 2.15 bits per heavy atom. The van der Waals surface area contributed by atoms with Crippen LogP contribution in [0.4, 0.5) is 0 Å². The Bertz CT molecular complexity index is 274. The molecular formula is C10H14Br2O. The number of hydrogen-bond donors (Lipinski definition) is 0. The van der Waals surface area contributed by atoms with Gasteiger partial charge in [-0.3, -0.25) is 4.79 Å². The zero-order valence-corrected chi connectivity index (χ0v) is 11.3. The second kappa shape index (κ2) is 2.60. The molecule has 3 heteroatoms. The van der Waals surface area contributed by atoms with Crippen LogP contribution < -0.4 is 0 Å². The van der Waals surface area contributed by atoms with Crippen molar-refractivity contribution in [3.05, 3.63) is 0 Å². The zero-order chi connectivity index (χ0) is 10.0. The van der Waals surface area contributed by atoms with Gasteiger partial charge in [-0.2, -0.15) is 0 Å². The summed E-state index contributed by atoms with van der Waals surface area (Å²) in [5.41, 5.74) is 0.00637. The topological polar surface area (TPSA) is 17.1 Å². The normalized spacial score (nSPS) is 53.0. The fourth-order valence-electron chi connectivity index (χ4n) is 3.03. The van der Waals surface area contributed by atoms with Gasteiger partial charge in [-0.15, -0.1) is 0 Å². The zero-order valence-electron chi connectivity index (χ0n) is 8.10. The van der Waals surface area contributed by atoms with E-state index in [0.29, 0.717) is 16.5 Å². The molecule has 4 unspecified atom stereocenters. The predicted octanol–water partition coefficient (Wildman–Crippen LogP) is 3.15. The minimum atomic E-state index is -0.125. The lowest BCUT2D eigenvalue weighted by molar-refractivity contribution is -0.127. The van der Waals surface area contributed by atoms with Crippen molar-refractivity contribution >= 4 is 37.6 Å². The number of carbonyl (C=O) groups is 1. The second-order valence-corrected chi connectivity index (χ2v) is 7.23. The van der Waals surface area contributed by atoms with Gasteiger partial charge in [0.1, 0.15) is 0 Å². The van der Waals surface area contributed by atoms with E-state index in [-0.39, 0.29) is 15.7 Å². The molecule has 0 spiro atoms. The summed E-state index contributed by atoms with van der Waals surface area (Å²) in [4.78, 5) is 12.5. The fourth-order valence-corrected chi connectivity index (χ4v) is 6.59. The van der Waals surface area contributed by atoms with Gasteiger partial charge in [0.25, 0.3) is 0 Å². The van der Waals surface area contributed by atoms with Crippen LogP contribution in [0.15, 0.2) is 0 Å². The first-order valence-corrected chi connectivity index (χ1v) is 6.48. The lowest BCUT2D eigenvalue weighted by atomic mass is 9.70. The van der Waals surface area contributed by atoms with E-state index in [1.807, 2.05) is 0 Å². The molecule has 0 aromatic carbocycles. The smallest absolute Gasteiger partial charge is 0.153 e. The second-order valence-electron chi connectivity index (χ2n) is 5.07. The average Bonchev–Trinajstić information content (AvgIpc) is 2.22. The average molecular weight is 310 g/mol. The molecule has 0 aliphatic heterocycles. The first kappa shape index (κ1) is 10.2. The fraction of sp³-hybridized carbons (Fsp3) is 0.900. The summed E-state index contributed by atoms with van der Waals surface area (Å²) in [6, 6.07) is 0. The van der Waals surface area contributed by atoms with Crippen molar-refractivity contribution in [2.24, 2.45) is 16.7 Å². The highest BCUT2D eigenvalue weighted by molar-refractivity contribution is 9.10. The van der Waals surface area contributed by atoms with Crippen LogP contribution in [-0.2, 0) is 4.79 Å². The van der Waals surface area contributed by atoms with Crippen molar-refractivity contribution in [1.29, 1.82) is 0 Å². The van der Waals surface area contributed by atoms with Gasteiger partial charge in [-0.1, -0.05) is 52.6 Å². The summed E-state index contributed by atoms with van der Waals surface area (Å²) in [7, 11) is 0. The van der Waals surface area contributed by atoms with E-state index < -0.39 is 0 Å². The third kappa shape index (κ3) is 0.956. The van der Waals surface area contributed by atoms with Gasteiger partial charge in [0.15, 0.2) is 5.78 Å². The van der Waals surface area contributed by atoms with Crippen LogP contribution in [0.1, 0.15) is 27.2 Å². The molecule has 0 N–H and O–H groups in total. The SMILES string of the molecule is CC12CC(Br)C(C(Br)C1=O)C2(C)C. The first-order valence-electron chi connectivity index (χ1n) is 4.65. The Hall–Kier alpha value is 0.630. The maximum Gasteiger partial charge on any atom is 0.153 e. The van der Waals surface area contributed by atoms with Crippen LogP contribution in [0, 0.1) is 16.7 Å². The largest absolute Gasteiger partial charge is 0.298 e. The van der Waals surface area contributed by atoms with Gasteiger partial charge in [0, 0.05) is 10.2 Å². The molecule has 0 saturated heterocycles. The van der Waals surface area contributed by atoms with Crippen molar-refractivity contribution < 1.29 is 4.79 Å². The van der Waals surface area contributed by atoms with Crippen LogP contribution >= 0.6 is 31.9 Å². The molecule has 2 aliphatic carbocycles. The van der Waals surface area contributed by atoms with Gasteiger partial charge >= 0.3 is 0 Å². The number of carbonyl (C=O) groups excluding carboxylic acids is 1. The standard InChI is InChI=1S/C10H14Br2O/c1-9(2)6-5(11)4-10(9,3)8(13)7(6)12/h5-7H,4H2,1-3H3. The predicted molar refractivity (Wildman–Crippen MR) is 60.4 cm³/mol. The van der Waals surface area contributed by atoms with Crippen LogP contribution in [0.3, 0.4) is 0 Å². The maximum atomic E-state index is 12.0. The van der Waals surface area contributed by atoms with Crippen LogP contribution in [0.25, 0.3) is 0 Å². The molecule has 0 heterocycles. The third-order valence-corrected chi connectivity index (χ3v) is 6.24. The van der Waals surface area contributed by atoms with Crippen molar-refractivity contribution in [1.82, 2.24) is 0 Å². The minimum absolute atomic E-state index is 0.0608. The van der Waals surface area contributed by atoms with Gasteiger partial charge in [-0.05, 0) is 17.8 Å². The molecule has 2 bridgehead atoms. The number of fused-ring (bicyclic) bond motifs is 2. The number of rotatable bonds is 0. The highest BCUT2D eigenvalue weighted by atomic mass is 79.9. The molecule has 2 rings (SSSR count). The minimum Gasteiger partial charge on any atom is -0.298 e. The van der Waals surface area contributed by atoms with Crippen molar-refractivity contribution in [2.45, 2.75) is 36.8 Å². The van der Waals surface area contributed by atoms with Gasteiger partial charge in [0.05, 0.1) is 4.83 Å². The number of ketones is 1.